The second-order valence-corrected chi connectivity index (χ2v) is 2.63. The van der Waals surface area contributed by atoms with Crippen molar-refractivity contribution in [2.45, 2.75) is 33.6 Å². The lowest BCUT2D eigenvalue weighted by atomic mass is 10.2. The summed E-state index contributed by atoms with van der Waals surface area (Å²) in [5, 5.41) is 3.20. The highest BCUT2D eigenvalue weighted by molar-refractivity contribution is 5.50. The third kappa shape index (κ3) is 2.42. The van der Waals surface area contributed by atoms with Crippen LogP contribution in [0.15, 0.2) is 18.5 Å². The van der Waals surface area contributed by atoms with Crippen LogP contribution in [0, 0.1) is 0 Å². The lowest BCUT2D eigenvalue weighted by Gasteiger charge is -2.23. The van der Waals surface area contributed by atoms with E-state index in [4.69, 9.17) is 4.74 Å². The Hall–Kier alpha value is -1.09. The Morgan fingerprint density at radius 2 is 2.38 bits per heavy atom. The molecule has 3 nitrogen and oxygen atoms in total. The maximum Gasteiger partial charge on any atom is 0.125 e. The van der Waals surface area contributed by atoms with Crippen LogP contribution in [0.5, 0.6) is 0 Å². The van der Waals surface area contributed by atoms with E-state index < -0.39 is 0 Å². The highest BCUT2D eigenvalue weighted by Gasteiger charge is 2.12. The quantitative estimate of drug-likeness (QED) is 0.669. The molecule has 2 heterocycles. The molecule has 0 radical (unpaired) electrons. The number of anilines is 1. The first-order valence-corrected chi connectivity index (χ1v) is 4.67. The normalized spacial score (nSPS) is 19.2. The number of hydrogen-bond acceptors (Lipinski definition) is 3. The number of ether oxygens (including phenoxy) is 1. The van der Waals surface area contributed by atoms with Crippen LogP contribution in [0.4, 0.5) is 5.69 Å². The van der Waals surface area contributed by atoms with Crippen molar-refractivity contribution in [3.05, 3.63) is 24.0 Å². The van der Waals surface area contributed by atoms with E-state index in [1.54, 1.807) is 6.20 Å². The van der Waals surface area contributed by atoms with E-state index in [1.165, 1.54) is 0 Å². The van der Waals surface area contributed by atoms with E-state index in [2.05, 4.69) is 10.3 Å². The first-order chi connectivity index (χ1) is 6.36. The Labute approximate surface area is 80.6 Å². The van der Waals surface area contributed by atoms with E-state index in [1.807, 2.05) is 33.0 Å². The van der Waals surface area contributed by atoms with Crippen molar-refractivity contribution < 1.29 is 6.16 Å². The molecule has 13 heavy (non-hydrogen) atoms. The van der Waals surface area contributed by atoms with E-state index in [-0.39, 0.29) is 7.65 Å². The standard InChI is InChI=1S/C8H10N2O.C2H6.H2/c1-6-10-8-2-3-9-4-7(8)5-11-6;1-2;/h2-4,6,10H,5H2,1H3;1-2H3;1H/t6-;;/m1../s1. The van der Waals surface area contributed by atoms with Gasteiger partial charge in [-0.2, -0.15) is 0 Å². The van der Waals surface area contributed by atoms with Crippen molar-refractivity contribution in [1.29, 1.82) is 0 Å². The maximum absolute atomic E-state index is 5.35. The Morgan fingerprint density at radius 1 is 1.62 bits per heavy atom. The smallest absolute Gasteiger partial charge is 0.125 e. The zero-order valence-corrected chi connectivity index (χ0v) is 8.37. The third-order valence-electron chi connectivity index (χ3n) is 1.75. The zero-order chi connectivity index (χ0) is 9.68. The van der Waals surface area contributed by atoms with Gasteiger partial charge in [0.05, 0.1) is 6.61 Å². The molecule has 1 aliphatic rings. The van der Waals surface area contributed by atoms with E-state index in [0.717, 1.165) is 11.3 Å². The lowest BCUT2D eigenvalue weighted by molar-refractivity contribution is 0.0634. The number of nitrogens with zero attached hydrogens (tertiary/aromatic N) is 1. The lowest BCUT2D eigenvalue weighted by Crippen LogP contribution is -2.24. The molecule has 0 unspecified atom stereocenters. The van der Waals surface area contributed by atoms with Crippen molar-refractivity contribution in [2.24, 2.45) is 0 Å². The van der Waals surface area contributed by atoms with Crippen LogP contribution < -0.4 is 5.32 Å². The molecule has 3 heteroatoms. The number of pyridine rings is 1. The van der Waals surface area contributed by atoms with Crippen molar-refractivity contribution in [3.63, 3.8) is 0 Å². The van der Waals surface area contributed by atoms with Gasteiger partial charge in [-0.25, -0.2) is 0 Å². The van der Waals surface area contributed by atoms with Gasteiger partial charge in [-0.05, 0) is 13.0 Å². The van der Waals surface area contributed by atoms with Gasteiger partial charge in [-0.3, -0.25) is 4.98 Å². The van der Waals surface area contributed by atoms with Crippen molar-refractivity contribution >= 4 is 5.69 Å². The predicted octanol–water partition coefficient (Wildman–Crippen LogP) is 2.64. The summed E-state index contributed by atoms with van der Waals surface area (Å²) in [4.78, 5) is 4.00. The molecule has 74 valence electrons. The Balaban J connectivity index is 0.000000531. The molecule has 1 N–H and O–H groups in total. The van der Waals surface area contributed by atoms with Gasteiger partial charge in [0.25, 0.3) is 0 Å². The second kappa shape index (κ2) is 4.82. The largest absolute Gasteiger partial charge is 0.360 e. The number of nitrogens with one attached hydrogen (secondary N) is 1. The van der Waals surface area contributed by atoms with Crippen LogP contribution in [0.2, 0.25) is 0 Å². The fraction of sp³-hybridized carbons (Fsp3) is 0.500. The summed E-state index contributed by atoms with van der Waals surface area (Å²) in [7, 11) is 0. The average Bonchev–Trinajstić information content (AvgIpc) is 2.21. The maximum atomic E-state index is 5.35. The van der Waals surface area contributed by atoms with Crippen LogP contribution in [0.25, 0.3) is 0 Å². The SMILES string of the molecule is CC.C[C@@H]1Nc2ccncc2CO1.[HH]. The molecule has 0 aromatic carbocycles. The minimum Gasteiger partial charge on any atom is -0.360 e. The topological polar surface area (TPSA) is 34.2 Å². The Kier molecular flexibility index (Phi) is 3.71. The number of rotatable bonds is 0. The molecule has 1 atom stereocenters. The molecule has 0 aliphatic carbocycles. The summed E-state index contributed by atoms with van der Waals surface area (Å²) in [6, 6.07) is 1.97. The van der Waals surface area contributed by atoms with Crippen molar-refractivity contribution in [3.8, 4) is 0 Å². The predicted molar refractivity (Wildman–Crippen MR) is 55.6 cm³/mol. The Bertz CT molecular complexity index is 268. The molecule has 0 fully saturated rings. The summed E-state index contributed by atoms with van der Waals surface area (Å²) in [5.41, 5.74) is 2.27. The molecule has 2 rings (SSSR count). The molecular weight excluding hydrogens is 164 g/mol. The number of aromatic nitrogens is 1. The minimum atomic E-state index is 0. The Morgan fingerprint density at radius 3 is 3.15 bits per heavy atom. The third-order valence-corrected chi connectivity index (χ3v) is 1.75. The summed E-state index contributed by atoms with van der Waals surface area (Å²) >= 11 is 0. The van der Waals surface area contributed by atoms with E-state index in [9.17, 15) is 0 Å². The van der Waals surface area contributed by atoms with Gasteiger partial charge in [0, 0.05) is 25.1 Å². The van der Waals surface area contributed by atoms with Gasteiger partial charge in [0.2, 0.25) is 0 Å². The fourth-order valence-electron chi connectivity index (χ4n) is 1.16. The molecule has 0 bridgehead atoms. The van der Waals surface area contributed by atoms with Crippen LogP contribution in [-0.4, -0.2) is 11.2 Å². The van der Waals surface area contributed by atoms with Crippen molar-refractivity contribution in [2.75, 3.05) is 5.32 Å². The number of fused-ring (bicyclic) bond motifs is 1. The summed E-state index contributed by atoms with van der Waals surface area (Å²) in [5.74, 6) is 0. The molecule has 0 saturated heterocycles. The van der Waals surface area contributed by atoms with Crippen LogP contribution in [0.3, 0.4) is 0 Å². The van der Waals surface area contributed by atoms with Gasteiger partial charge in [0.15, 0.2) is 0 Å². The monoisotopic (exact) mass is 182 g/mol. The highest BCUT2D eigenvalue weighted by Crippen LogP contribution is 2.20. The first kappa shape index (κ1) is 9.99. The average molecular weight is 182 g/mol. The summed E-state index contributed by atoms with van der Waals surface area (Å²) in [6.07, 6.45) is 3.72. The van der Waals surface area contributed by atoms with Gasteiger partial charge in [0.1, 0.15) is 6.23 Å². The minimum absolute atomic E-state index is 0. The summed E-state index contributed by atoms with van der Waals surface area (Å²) in [6.45, 7) is 6.65. The van der Waals surface area contributed by atoms with Gasteiger partial charge < -0.3 is 10.1 Å². The van der Waals surface area contributed by atoms with Gasteiger partial charge >= 0.3 is 0 Å². The molecule has 1 aromatic rings. The molecular formula is C10H18N2O. The summed E-state index contributed by atoms with van der Waals surface area (Å²) < 4.78 is 5.35. The molecule has 0 saturated carbocycles. The molecule has 0 amide bonds. The van der Waals surface area contributed by atoms with E-state index in [0.29, 0.717) is 6.61 Å². The number of hydrogen-bond donors (Lipinski definition) is 1. The zero-order valence-electron chi connectivity index (χ0n) is 8.37. The molecule has 1 aliphatic heterocycles. The van der Waals surface area contributed by atoms with Crippen LogP contribution in [0.1, 0.15) is 27.8 Å². The van der Waals surface area contributed by atoms with Crippen LogP contribution in [-0.2, 0) is 11.3 Å². The van der Waals surface area contributed by atoms with Crippen LogP contribution >= 0.6 is 0 Å². The fourth-order valence-corrected chi connectivity index (χ4v) is 1.16. The van der Waals surface area contributed by atoms with Gasteiger partial charge in [-0.15, -0.1) is 0 Å². The van der Waals surface area contributed by atoms with Crippen molar-refractivity contribution in [1.82, 2.24) is 4.98 Å². The van der Waals surface area contributed by atoms with E-state index >= 15 is 0 Å². The second-order valence-electron chi connectivity index (χ2n) is 2.63. The molecule has 1 aromatic heterocycles. The van der Waals surface area contributed by atoms with Gasteiger partial charge in [-0.1, -0.05) is 13.8 Å². The highest BCUT2D eigenvalue weighted by atomic mass is 16.5. The molecule has 0 spiro atoms. The first-order valence-electron chi connectivity index (χ1n) is 4.67.